The van der Waals surface area contributed by atoms with Gasteiger partial charge in [-0.3, -0.25) is 14.3 Å². The van der Waals surface area contributed by atoms with Crippen molar-refractivity contribution < 1.29 is 23.5 Å². The van der Waals surface area contributed by atoms with E-state index in [1.54, 1.807) is 15.8 Å². The molecule has 7 nitrogen and oxygen atoms in total. The first-order valence-corrected chi connectivity index (χ1v) is 10.1. The maximum Gasteiger partial charge on any atom is 0.306 e. The number of likely N-dealkylation sites (tertiary alicyclic amines) is 1. The van der Waals surface area contributed by atoms with Crippen molar-refractivity contribution in [3.8, 4) is 0 Å². The van der Waals surface area contributed by atoms with Crippen molar-refractivity contribution in [1.82, 2.24) is 19.9 Å². The van der Waals surface area contributed by atoms with E-state index in [0.29, 0.717) is 50.8 Å². The number of amides is 1. The lowest BCUT2D eigenvalue weighted by Gasteiger charge is -2.37. The van der Waals surface area contributed by atoms with Crippen LogP contribution in [0.2, 0.25) is 0 Å². The third kappa shape index (κ3) is 4.50. The number of aryl methyl sites for hydroxylation is 1. The van der Waals surface area contributed by atoms with Gasteiger partial charge in [0.05, 0.1) is 11.6 Å². The van der Waals surface area contributed by atoms with E-state index in [2.05, 4.69) is 10.3 Å². The van der Waals surface area contributed by atoms with E-state index in [1.807, 2.05) is 6.92 Å². The Balaban J connectivity index is 1.38. The van der Waals surface area contributed by atoms with E-state index in [0.717, 1.165) is 6.42 Å². The molecular weight excluding hydrogens is 370 g/mol. The number of carboxylic acids is 1. The highest BCUT2D eigenvalue weighted by Gasteiger charge is 2.56. The first-order chi connectivity index (χ1) is 13.3. The maximum absolute atomic E-state index is 13.9. The lowest BCUT2D eigenvalue weighted by Crippen LogP contribution is -2.50. The second-order valence-electron chi connectivity index (χ2n) is 8.02. The van der Waals surface area contributed by atoms with Gasteiger partial charge in [0.2, 0.25) is 5.91 Å². The first kappa shape index (κ1) is 20.7. The number of carbonyl (C=O) groups is 2. The molecular formula is C19H28F2N4O3. The monoisotopic (exact) mass is 398 g/mol. The van der Waals surface area contributed by atoms with Gasteiger partial charge in [0.15, 0.2) is 0 Å². The number of carbonyl (C=O) groups excluding carboxylic acids is 1. The number of unbranched alkanes of at least 4 members (excludes halogenated alkanes) is 1. The molecule has 3 unspecified atom stereocenters. The van der Waals surface area contributed by atoms with E-state index in [4.69, 9.17) is 5.11 Å². The second kappa shape index (κ2) is 8.53. The average molecular weight is 398 g/mol. The number of hydrogen-bond acceptors (Lipinski definition) is 4. The molecule has 2 bridgehead atoms. The van der Waals surface area contributed by atoms with Gasteiger partial charge in [-0.05, 0) is 32.1 Å². The van der Waals surface area contributed by atoms with E-state index in [9.17, 15) is 18.4 Å². The molecule has 1 amide bonds. The van der Waals surface area contributed by atoms with Gasteiger partial charge in [-0.2, -0.15) is 0 Å². The Hall–Kier alpha value is -2.06. The van der Waals surface area contributed by atoms with Crippen molar-refractivity contribution in [2.24, 2.45) is 17.8 Å². The average Bonchev–Trinajstić information content (AvgIpc) is 3.10. The van der Waals surface area contributed by atoms with Gasteiger partial charge in [-0.1, -0.05) is 12.1 Å². The molecule has 1 aliphatic carbocycles. The normalized spacial score (nSPS) is 24.3. The van der Waals surface area contributed by atoms with Crippen LogP contribution in [0.1, 0.15) is 51.1 Å². The minimum Gasteiger partial charge on any atom is -0.481 e. The van der Waals surface area contributed by atoms with E-state index < -0.39 is 29.6 Å². The third-order valence-corrected chi connectivity index (χ3v) is 6.10. The van der Waals surface area contributed by atoms with Crippen LogP contribution in [0, 0.1) is 17.8 Å². The second-order valence-corrected chi connectivity index (χ2v) is 8.02. The molecule has 0 aromatic carbocycles. The summed E-state index contributed by atoms with van der Waals surface area (Å²) >= 11 is 0. The predicted molar refractivity (Wildman–Crippen MR) is 96.7 cm³/mol. The smallest absolute Gasteiger partial charge is 0.306 e. The van der Waals surface area contributed by atoms with Crippen LogP contribution >= 0.6 is 0 Å². The van der Waals surface area contributed by atoms with E-state index in [-0.39, 0.29) is 19.0 Å². The highest BCUT2D eigenvalue weighted by Crippen LogP contribution is 2.48. The lowest BCUT2D eigenvalue weighted by atomic mass is 9.93. The summed E-state index contributed by atoms with van der Waals surface area (Å²) in [4.78, 5) is 25.1. The van der Waals surface area contributed by atoms with Crippen LogP contribution in [-0.4, -0.2) is 55.9 Å². The van der Waals surface area contributed by atoms with Gasteiger partial charge < -0.3 is 10.0 Å². The summed E-state index contributed by atoms with van der Waals surface area (Å²) in [5.41, 5.74) is 0.648. The van der Waals surface area contributed by atoms with Crippen molar-refractivity contribution in [1.29, 1.82) is 0 Å². The van der Waals surface area contributed by atoms with Crippen molar-refractivity contribution in [3.05, 3.63) is 11.9 Å². The Morgan fingerprint density at radius 1 is 1.29 bits per heavy atom. The number of carboxylic acid groups (broad SMARTS) is 1. The third-order valence-electron chi connectivity index (χ3n) is 6.10. The number of aliphatic carboxylic acids is 1. The van der Waals surface area contributed by atoms with E-state index >= 15 is 0 Å². The van der Waals surface area contributed by atoms with Crippen LogP contribution in [0.3, 0.4) is 0 Å². The highest BCUT2D eigenvalue weighted by atomic mass is 19.3. The summed E-state index contributed by atoms with van der Waals surface area (Å²) in [5.74, 6) is -5.31. The van der Waals surface area contributed by atoms with Gasteiger partial charge in [0.1, 0.15) is 0 Å². The van der Waals surface area contributed by atoms with Gasteiger partial charge in [-0.25, -0.2) is 8.78 Å². The molecule has 28 heavy (non-hydrogen) atoms. The largest absolute Gasteiger partial charge is 0.481 e. The lowest BCUT2D eigenvalue weighted by molar-refractivity contribution is -0.149. The number of nitrogens with zero attached hydrogens (tertiary/aromatic N) is 4. The highest BCUT2D eigenvalue weighted by molar-refractivity contribution is 5.76. The van der Waals surface area contributed by atoms with Crippen LogP contribution in [0.5, 0.6) is 0 Å². The summed E-state index contributed by atoms with van der Waals surface area (Å²) in [6.07, 6.45) is 5.39. The summed E-state index contributed by atoms with van der Waals surface area (Å²) in [6, 6.07) is 0. The number of piperidine rings is 1. The number of rotatable bonds is 9. The quantitative estimate of drug-likeness (QED) is 0.646. The topological polar surface area (TPSA) is 88.3 Å². The molecule has 0 radical (unpaired) electrons. The molecule has 2 fully saturated rings. The fourth-order valence-corrected chi connectivity index (χ4v) is 4.27. The summed E-state index contributed by atoms with van der Waals surface area (Å²) in [5, 5.41) is 17.1. The predicted octanol–water partition coefficient (Wildman–Crippen LogP) is 2.61. The fraction of sp³-hybridized carbons (Fsp3) is 0.789. The van der Waals surface area contributed by atoms with Gasteiger partial charge in [0, 0.05) is 50.5 Å². The maximum atomic E-state index is 13.9. The molecule has 1 aromatic rings. The standard InChI is InChI=1S/C19H28F2N4O3/c1-2-13(18(27)28)9-16-12-25(23-22-16)8-4-3-5-17(26)24-10-14-6-7-15(11-24)19(14,20)21/h12-15H,2-11H2,1H3,(H,27,28). The zero-order valence-electron chi connectivity index (χ0n) is 16.2. The number of fused-ring (bicyclic) bond motifs is 2. The summed E-state index contributed by atoms with van der Waals surface area (Å²) in [6.45, 7) is 2.77. The molecule has 9 heteroatoms. The van der Waals surface area contributed by atoms with Crippen molar-refractivity contribution in [3.63, 3.8) is 0 Å². The Bertz CT molecular complexity index is 693. The molecule has 1 aliphatic heterocycles. The van der Waals surface area contributed by atoms with Crippen LogP contribution in [0.15, 0.2) is 6.20 Å². The zero-order chi connectivity index (χ0) is 20.3. The van der Waals surface area contributed by atoms with Crippen LogP contribution in [0.4, 0.5) is 8.78 Å². The molecule has 1 saturated heterocycles. The number of alkyl halides is 2. The number of hydrogen-bond donors (Lipinski definition) is 1. The molecule has 3 rings (SSSR count). The molecule has 2 heterocycles. The molecule has 1 saturated carbocycles. The molecule has 0 spiro atoms. The molecule has 3 atom stereocenters. The van der Waals surface area contributed by atoms with Crippen molar-refractivity contribution in [2.75, 3.05) is 13.1 Å². The minimum absolute atomic E-state index is 0.0427. The first-order valence-electron chi connectivity index (χ1n) is 10.1. The Labute approximate surface area is 163 Å². The van der Waals surface area contributed by atoms with Gasteiger partial charge in [0.25, 0.3) is 5.92 Å². The zero-order valence-corrected chi connectivity index (χ0v) is 16.2. The summed E-state index contributed by atoms with van der Waals surface area (Å²) in [7, 11) is 0. The molecule has 1 aromatic heterocycles. The molecule has 2 aliphatic rings. The summed E-state index contributed by atoms with van der Waals surface area (Å²) < 4.78 is 29.6. The van der Waals surface area contributed by atoms with Crippen LogP contribution < -0.4 is 0 Å². The van der Waals surface area contributed by atoms with Crippen molar-refractivity contribution >= 4 is 11.9 Å². The van der Waals surface area contributed by atoms with Crippen molar-refractivity contribution in [2.45, 2.75) is 64.3 Å². The SMILES string of the molecule is CCC(Cc1cn(CCCCC(=O)N2CC3CCC(C2)C3(F)F)nn1)C(=O)O. The molecule has 156 valence electrons. The van der Waals surface area contributed by atoms with Gasteiger partial charge >= 0.3 is 5.97 Å². The Morgan fingerprint density at radius 2 is 1.96 bits per heavy atom. The Kier molecular flexibility index (Phi) is 6.30. The van der Waals surface area contributed by atoms with Gasteiger partial charge in [-0.15, -0.1) is 5.10 Å². The van der Waals surface area contributed by atoms with Crippen LogP contribution in [0.25, 0.3) is 0 Å². The Morgan fingerprint density at radius 3 is 2.57 bits per heavy atom. The number of halogens is 2. The molecule has 1 N–H and O–H groups in total. The fourth-order valence-electron chi connectivity index (χ4n) is 4.27. The van der Waals surface area contributed by atoms with E-state index in [1.165, 1.54) is 0 Å². The number of aromatic nitrogens is 3. The minimum atomic E-state index is -2.61. The van der Waals surface area contributed by atoms with Crippen LogP contribution in [-0.2, 0) is 22.6 Å².